The Morgan fingerprint density at radius 1 is 0.460 bits per heavy atom. The highest BCUT2D eigenvalue weighted by molar-refractivity contribution is 5.49. The first-order valence-electron chi connectivity index (χ1n) is 20.0. The van der Waals surface area contributed by atoms with Gasteiger partial charge in [-0.15, -0.1) is 0 Å². The zero-order chi connectivity index (χ0) is 36.8. The maximum Gasteiger partial charge on any atom is 0.157 e. The van der Waals surface area contributed by atoms with Crippen molar-refractivity contribution >= 4 is 6.29 Å². The second-order valence-corrected chi connectivity index (χ2v) is 15.0. The largest absolute Gasteiger partial charge is 0.353 e. The van der Waals surface area contributed by atoms with E-state index in [1.165, 1.54) is 51.0 Å². The normalized spacial score (nSPS) is 17.9. The molecule has 0 aromatic heterocycles. The summed E-state index contributed by atoms with van der Waals surface area (Å²) in [6, 6.07) is 0. The van der Waals surface area contributed by atoms with Crippen molar-refractivity contribution in [3.63, 3.8) is 0 Å². The summed E-state index contributed by atoms with van der Waals surface area (Å²) in [7, 11) is 0. The Labute approximate surface area is 309 Å². The third-order valence-electron chi connectivity index (χ3n) is 9.73. The van der Waals surface area contributed by atoms with Crippen LogP contribution < -0.4 is 0 Å². The number of carbonyl (C=O) groups is 1. The van der Waals surface area contributed by atoms with E-state index in [2.05, 4.69) is 104 Å². The minimum absolute atomic E-state index is 0.00176. The summed E-state index contributed by atoms with van der Waals surface area (Å²) in [5, 5.41) is 0. The quantitative estimate of drug-likeness (QED) is 0.0636. The summed E-state index contributed by atoms with van der Waals surface area (Å²) in [5.41, 5.74) is 11.7. The van der Waals surface area contributed by atoms with Crippen molar-refractivity contribution in [2.75, 3.05) is 13.2 Å². The first-order valence-corrected chi connectivity index (χ1v) is 20.0. The lowest BCUT2D eigenvalue weighted by Crippen LogP contribution is -2.22. The van der Waals surface area contributed by atoms with Crippen molar-refractivity contribution in [1.82, 2.24) is 0 Å². The highest BCUT2D eigenvalue weighted by Crippen LogP contribution is 2.18. The van der Waals surface area contributed by atoms with Crippen LogP contribution in [0.15, 0.2) is 93.2 Å². The Balaban J connectivity index is 2.19. The molecule has 0 aromatic carbocycles. The van der Waals surface area contributed by atoms with Crippen LogP contribution in [0.25, 0.3) is 0 Å². The van der Waals surface area contributed by atoms with Crippen molar-refractivity contribution in [2.45, 2.75) is 184 Å². The second-order valence-electron chi connectivity index (χ2n) is 15.0. The number of carbonyl (C=O) groups excluding carboxylic acids is 1. The maximum absolute atomic E-state index is 10.5. The average molecular weight is 689 g/mol. The fourth-order valence-corrected chi connectivity index (χ4v) is 6.07. The first-order chi connectivity index (χ1) is 24.1. The van der Waals surface area contributed by atoms with Crippen LogP contribution in [0.1, 0.15) is 177 Å². The van der Waals surface area contributed by atoms with Gasteiger partial charge in [0.2, 0.25) is 0 Å². The van der Waals surface area contributed by atoms with Crippen LogP contribution in [0.4, 0.5) is 0 Å². The SMILES string of the molecule is C/C(=C\CC/C(C)=C/CC/C(C)=C/CC/C(C)=C/CC/C(C)=C/CC/C(C)=C/CC/C(C)=C/CC/C(C)=C/COC1CCCCO1)CCC=O. The highest BCUT2D eigenvalue weighted by atomic mass is 16.7. The topological polar surface area (TPSA) is 35.5 Å². The van der Waals surface area contributed by atoms with Gasteiger partial charge < -0.3 is 14.3 Å². The van der Waals surface area contributed by atoms with E-state index < -0.39 is 0 Å². The monoisotopic (exact) mass is 689 g/mol. The molecule has 0 radical (unpaired) electrons. The highest BCUT2D eigenvalue weighted by Gasteiger charge is 2.12. The van der Waals surface area contributed by atoms with Crippen molar-refractivity contribution in [3.05, 3.63) is 93.2 Å². The first kappa shape index (κ1) is 45.5. The van der Waals surface area contributed by atoms with Gasteiger partial charge in [0.1, 0.15) is 6.29 Å². The zero-order valence-corrected chi connectivity index (χ0v) is 33.8. The number of hydrogen-bond donors (Lipinski definition) is 0. The summed E-state index contributed by atoms with van der Waals surface area (Å²) in [5.74, 6) is 0. The van der Waals surface area contributed by atoms with Crippen LogP contribution in [0.5, 0.6) is 0 Å². The van der Waals surface area contributed by atoms with Gasteiger partial charge in [0.05, 0.1) is 6.61 Å². The molecular formula is C47H76O3. The number of allylic oxidation sites excluding steroid dienone is 15. The van der Waals surface area contributed by atoms with E-state index in [4.69, 9.17) is 9.47 Å². The molecule has 0 amide bonds. The van der Waals surface area contributed by atoms with E-state index in [1.54, 1.807) is 0 Å². The summed E-state index contributed by atoms with van der Waals surface area (Å²) in [6.45, 7) is 19.5. The van der Waals surface area contributed by atoms with Crippen LogP contribution in [-0.2, 0) is 14.3 Å². The summed E-state index contributed by atoms with van der Waals surface area (Å²) >= 11 is 0. The Morgan fingerprint density at radius 2 is 0.760 bits per heavy atom. The Bertz CT molecular complexity index is 1180. The van der Waals surface area contributed by atoms with E-state index in [-0.39, 0.29) is 6.29 Å². The van der Waals surface area contributed by atoms with Gasteiger partial charge in [0.15, 0.2) is 6.29 Å². The molecule has 1 saturated heterocycles. The molecule has 0 N–H and O–H groups in total. The lowest BCUT2D eigenvalue weighted by molar-refractivity contribution is -0.155. The van der Waals surface area contributed by atoms with Gasteiger partial charge >= 0.3 is 0 Å². The smallest absolute Gasteiger partial charge is 0.157 e. The minimum atomic E-state index is 0.00176. The molecular weight excluding hydrogens is 613 g/mol. The third-order valence-corrected chi connectivity index (χ3v) is 9.73. The Morgan fingerprint density at radius 3 is 1.04 bits per heavy atom. The van der Waals surface area contributed by atoms with Crippen LogP contribution in [-0.4, -0.2) is 25.8 Å². The molecule has 282 valence electrons. The van der Waals surface area contributed by atoms with Gasteiger partial charge in [0.25, 0.3) is 0 Å². The van der Waals surface area contributed by atoms with Gasteiger partial charge in [-0.2, -0.15) is 0 Å². The predicted octanol–water partition coefficient (Wildman–Crippen LogP) is 14.5. The number of rotatable bonds is 27. The fourth-order valence-electron chi connectivity index (χ4n) is 6.07. The van der Waals surface area contributed by atoms with Gasteiger partial charge in [-0.25, -0.2) is 0 Å². The molecule has 3 nitrogen and oxygen atoms in total. The Hall–Kier alpha value is -2.49. The summed E-state index contributed by atoms with van der Waals surface area (Å²) < 4.78 is 11.5. The lowest BCUT2D eigenvalue weighted by Gasteiger charge is -2.22. The molecule has 50 heavy (non-hydrogen) atoms. The molecule has 1 aliphatic rings. The van der Waals surface area contributed by atoms with Crippen LogP contribution >= 0.6 is 0 Å². The number of ether oxygens (including phenoxy) is 2. The van der Waals surface area contributed by atoms with E-state index in [0.717, 1.165) is 122 Å². The fraction of sp³-hybridized carbons (Fsp3) is 0.638. The van der Waals surface area contributed by atoms with Gasteiger partial charge in [0, 0.05) is 13.0 Å². The van der Waals surface area contributed by atoms with Gasteiger partial charge in [-0.05, 0) is 171 Å². The van der Waals surface area contributed by atoms with Crippen molar-refractivity contribution in [1.29, 1.82) is 0 Å². The van der Waals surface area contributed by atoms with E-state index in [1.807, 2.05) is 0 Å². The minimum Gasteiger partial charge on any atom is -0.353 e. The molecule has 1 fully saturated rings. The maximum atomic E-state index is 10.5. The molecule has 0 spiro atoms. The predicted molar refractivity (Wildman–Crippen MR) is 220 cm³/mol. The molecule has 0 aliphatic carbocycles. The molecule has 0 bridgehead atoms. The Kier molecular flexibility index (Phi) is 27.5. The second kappa shape index (κ2) is 30.2. The standard InChI is InChI=1S/C47H76O3/c1-39(21-12-23-41(3)25-14-27-43(5)29-16-31-45(7)33-18-36-48)19-11-20-40(2)22-13-24-42(4)26-15-28-44(6)30-17-32-46(8)35-38-50-47-34-9-10-37-49-47/h19,22-23,26-27,30-31,35-36,47H,9-18,20-21,24-25,28-29,32-34,37-38H2,1-8H3/b39-19+,40-22+,41-23+,42-26+,43-27+,44-30+,45-31+,46-35+. The van der Waals surface area contributed by atoms with E-state index >= 15 is 0 Å². The molecule has 1 heterocycles. The molecule has 1 atom stereocenters. The molecule has 1 aliphatic heterocycles. The number of hydrogen-bond acceptors (Lipinski definition) is 3. The van der Waals surface area contributed by atoms with Crippen molar-refractivity contribution < 1.29 is 14.3 Å². The average Bonchev–Trinajstić information content (AvgIpc) is 3.08. The number of aldehydes is 1. The van der Waals surface area contributed by atoms with Gasteiger partial charge in [-0.3, -0.25) is 0 Å². The van der Waals surface area contributed by atoms with Crippen molar-refractivity contribution in [2.24, 2.45) is 0 Å². The van der Waals surface area contributed by atoms with Crippen LogP contribution in [0.3, 0.4) is 0 Å². The molecule has 3 heteroatoms. The van der Waals surface area contributed by atoms with E-state index in [0.29, 0.717) is 13.0 Å². The lowest BCUT2D eigenvalue weighted by atomic mass is 10.0. The zero-order valence-electron chi connectivity index (χ0n) is 33.8. The van der Waals surface area contributed by atoms with Crippen LogP contribution in [0, 0.1) is 0 Å². The van der Waals surface area contributed by atoms with E-state index in [9.17, 15) is 4.79 Å². The molecule has 0 saturated carbocycles. The third kappa shape index (κ3) is 27.3. The summed E-state index contributed by atoms with van der Waals surface area (Å²) in [6.07, 6.45) is 40.9. The van der Waals surface area contributed by atoms with Gasteiger partial charge in [-0.1, -0.05) is 93.2 Å². The molecule has 1 unspecified atom stereocenters. The summed E-state index contributed by atoms with van der Waals surface area (Å²) in [4.78, 5) is 10.5. The molecule has 0 aromatic rings. The van der Waals surface area contributed by atoms with Crippen molar-refractivity contribution in [3.8, 4) is 0 Å². The molecule has 1 rings (SSSR count). The van der Waals surface area contributed by atoms with Crippen LogP contribution in [0.2, 0.25) is 0 Å².